The van der Waals surface area contributed by atoms with Crippen LogP contribution in [0.5, 0.6) is 11.5 Å². The third-order valence-corrected chi connectivity index (χ3v) is 5.56. The fraction of sp³-hybridized carbons (Fsp3) is 0.133. The molecule has 0 amide bonds. The van der Waals surface area contributed by atoms with Gasteiger partial charge in [0.2, 0.25) is 0 Å². The predicted octanol–water partition coefficient (Wildman–Crippen LogP) is 2.41. The van der Waals surface area contributed by atoms with Crippen LogP contribution in [0.1, 0.15) is 0 Å². The summed E-state index contributed by atoms with van der Waals surface area (Å²) in [6, 6.07) is 9.22. The Kier molecular flexibility index (Phi) is 4.20. The van der Waals surface area contributed by atoms with Gasteiger partial charge >= 0.3 is 4.87 Å². The van der Waals surface area contributed by atoms with Crippen molar-refractivity contribution < 1.29 is 17.9 Å². The van der Waals surface area contributed by atoms with Gasteiger partial charge < -0.3 is 14.5 Å². The van der Waals surface area contributed by atoms with Crippen LogP contribution in [0.4, 0.5) is 5.69 Å². The Hall–Kier alpha value is -2.52. The number of sulfonamides is 1. The van der Waals surface area contributed by atoms with Crippen molar-refractivity contribution in [1.29, 1.82) is 0 Å². The van der Waals surface area contributed by atoms with Crippen molar-refractivity contribution in [3.8, 4) is 11.5 Å². The van der Waals surface area contributed by atoms with Crippen LogP contribution < -0.4 is 19.1 Å². The number of rotatable bonds is 5. The summed E-state index contributed by atoms with van der Waals surface area (Å²) < 4.78 is 38.5. The van der Waals surface area contributed by atoms with E-state index < -0.39 is 10.0 Å². The molecule has 0 spiro atoms. The lowest BCUT2D eigenvalue weighted by Gasteiger charge is -2.13. The first kappa shape index (κ1) is 16.3. The molecule has 126 valence electrons. The van der Waals surface area contributed by atoms with Gasteiger partial charge in [-0.15, -0.1) is 0 Å². The lowest BCUT2D eigenvalue weighted by atomic mass is 10.3. The topological polar surface area (TPSA) is 97.5 Å². The monoisotopic (exact) mass is 366 g/mol. The van der Waals surface area contributed by atoms with E-state index in [0.29, 0.717) is 27.4 Å². The number of H-pyrrole nitrogens is 1. The van der Waals surface area contributed by atoms with Crippen LogP contribution in [0.2, 0.25) is 0 Å². The minimum absolute atomic E-state index is 0.0584. The van der Waals surface area contributed by atoms with Crippen LogP contribution in [-0.4, -0.2) is 27.6 Å². The second kappa shape index (κ2) is 6.17. The predicted molar refractivity (Wildman–Crippen MR) is 92.8 cm³/mol. The molecule has 3 rings (SSSR count). The molecule has 0 aliphatic rings. The maximum Gasteiger partial charge on any atom is 0.305 e. The van der Waals surface area contributed by atoms with Gasteiger partial charge in [0.15, 0.2) is 0 Å². The normalized spacial score (nSPS) is 11.4. The third-order valence-electron chi connectivity index (χ3n) is 3.36. The average Bonchev–Trinajstić information content (AvgIpc) is 2.94. The van der Waals surface area contributed by atoms with Gasteiger partial charge in [-0.1, -0.05) is 11.3 Å². The van der Waals surface area contributed by atoms with E-state index >= 15 is 0 Å². The lowest BCUT2D eigenvalue weighted by Crippen LogP contribution is -2.13. The van der Waals surface area contributed by atoms with Crippen LogP contribution in [0.25, 0.3) is 10.2 Å². The number of aromatic amines is 1. The summed E-state index contributed by atoms with van der Waals surface area (Å²) in [5.41, 5.74) is 0.895. The van der Waals surface area contributed by atoms with Gasteiger partial charge in [0.05, 0.1) is 35.0 Å². The number of benzene rings is 2. The lowest BCUT2D eigenvalue weighted by molar-refractivity contribution is 0.395. The number of hydrogen-bond acceptors (Lipinski definition) is 6. The van der Waals surface area contributed by atoms with Crippen LogP contribution in [0.3, 0.4) is 0 Å². The molecular weight excluding hydrogens is 352 g/mol. The fourth-order valence-corrected chi connectivity index (χ4v) is 4.13. The maximum atomic E-state index is 12.6. The molecule has 2 N–H and O–H groups in total. The molecule has 3 aromatic rings. The fourth-order valence-electron chi connectivity index (χ4n) is 2.18. The van der Waals surface area contributed by atoms with E-state index in [1.165, 1.54) is 26.4 Å². The van der Waals surface area contributed by atoms with Crippen LogP contribution in [0.15, 0.2) is 46.1 Å². The number of fused-ring (bicyclic) bond motifs is 1. The Morgan fingerprint density at radius 2 is 1.88 bits per heavy atom. The first-order chi connectivity index (χ1) is 11.4. The van der Waals surface area contributed by atoms with Gasteiger partial charge in [0.25, 0.3) is 10.0 Å². The Bertz CT molecular complexity index is 1050. The molecular formula is C15H14N2O5S2. The molecule has 0 aliphatic heterocycles. The summed E-state index contributed by atoms with van der Waals surface area (Å²) in [5, 5.41) is 0. The summed E-state index contributed by atoms with van der Waals surface area (Å²) >= 11 is 0.957. The van der Waals surface area contributed by atoms with Gasteiger partial charge in [-0.25, -0.2) is 8.42 Å². The molecule has 9 heteroatoms. The first-order valence-electron chi connectivity index (χ1n) is 6.80. The van der Waals surface area contributed by atoms with Crippen molar-refractivity contribution in [2.24, 2.45) is 0 Å². The Balaban J connectivity index is 1.99. The number of methoxy groups -OCH3 is 2. The highest BCUT2D eigenvalue weighted by Gasteiger charge is 2.18. The van der Waals surface area contributed by atoms with Crippen molar-refractivity contribution in [3.63, 3.8) is 0 Å². The van der Waals surface area contributed by atoms with E-state index in [0.717, 1.165) is 11.3 Å². The molecule has 0 saturated heterocycles. The molecule has 0 bridgehead atoms. The van der Waals surface area contributed by atoms with E-state index in [1.54, 1.807) is 24.3 Å². The number of hydrogen-bond donors (Lipinski definition) is 2. The van der Waals surface area contributed by atoms with Crippen LogP contribution in [0, 0.1) is 0 Å². The summed E-state index contributed by atoms with van der Waals surface area (Å²) in [4.78, 5) is 13.8. The van der Waals surface area contributed by atoms with Crippen LogP contribution in [-0.2, 0) is 10.0 Å². The number of ether oxygens (including phenoxy) is 2. The van der Waals surface area contributed by atoms with Gasteiger partial charge in [-0.2, -0.15) is 0 Å². The minimum Gasteiger partial charge on any atom is -0.497 e. The zero-order valence-corrected chi connectivity index (χ0v) is 14.5. The zero-order valence-electron chi connectivity index (χ0n) is 12.8. The smallest absolute Gasteiger partial charge is 0.305 e. The molecule has 7 nitrogen and oxygen atoms in total. The molecule has 2 aromatic carbocycles. The highest BCUT2D eigenvalue weighted by Crippen LogP contribution is 2.31. The summed E-state index contributed by atoms with van der Waals surface area (Å²) in [5.74, 6) is 0.888. The molecule has 24 heavy (non-hydrogen) atoms. The van der Waals surface area contributed by atoms with Crippen molar-refractivity contribution in [3.05, 3.63) is 46.1 Å². The molecule has 0 atom stereocenters. The van der Waals surface area contributed by atoms with Crippen molar-refractivity contribution in [2.75, 3.05) is 18.9 Å². The molecule has 0 fully saturated rings. The molecule has 1 aromatic heterocycles. The summed E-state index contributed by atoms with van der Waals surface area (Å²) in [6.07, 6.45) is 0. The highest BCUT2D eigenvalue weighted by atomic mass is 32.2. The van der Waals surface area contributed by atoms with Crippen molar-refractivity contribution >= 4 is 37.3 Å². The third kappa shape index (κ3) is 3.08. The standard InChI is InChI=1S/C15H14N2O5S2/c1-21-9-3-5-11(13(7-9)22-2)17-24(19,20)10-4-6-12-14(8-10)23-15(18)16-12/h3-8,17H,1-2H3,(H,16,18). The van der Waals surface area contributed by atoms with E-state index in [1.807, 2.05) is 0 Å². The zero-order chi connectivity index (χ0) is 17.3. The Morgan fingerprint density at radius 1 is 1.08 bits per heavy atom. The van der Waals surface area contributed by atoms with E-state index in [4.69, 9.17) is 9.47 Å². The largest absolute Gasteiger partial charge is 0.497 e. The van der Waals surface area contributed by atoms with Crippen molar-refractivity contribution in [2.45, 2.75) is 4.90 Å². The molecule has 0 aliphatic carbocycles. The Morgan fingerprint density at radius 3 is 2.58 bits per heavy atom. The molecule has 0 unspecified atom stereocenters. The van der Waals surface area contributed by atoms with Crippen molar-refractivity contribution in [1.82, 2.24) is 4.98 Å². The average molecular weight is 366 g/mol. The van der Waals surface area contributed by atoms with E-state index in [-0.39, 0.29) is 9.77 Å². The van der Waals surface area contributed by atoms with Crippen LogP contribution >= 0.6 is 11.3 Å². The summed E-state index contributed by atoms with van der Waals surface area (Å²) in [7, 11) is -0.877. The number of nitrogens with one attached hydrogen (secondary N) is 2. The molecule has 1 heterocycles. The quantitative estimate of drug-likeness (QED) is 0.723. The van der Waals surface area contributed by atoms with E-state index in [9.17, 15) is 13.2 Å². The van der Waals surface area contributed by atoms with E-state index in [2.05, 4.69) is 9.71 Å². The number of aromatic nitrogens is 1. The highest BCUT2D eigenvalue weighted by molar-refractivity contribution is 7.92. The van der Waals surface area contributed by atoms with Gasteiger partial charge in [0, 0.05) is 6.07 Å². The summed E-state index contributed by atoms with van der Waals surface area (Å²) in [6.45, 7) is 0. The van der Waals surface area contributed by atoms with Gasteiger partial charge in [-0.3, -0.25) is 9.52 Å². The second-order valence-corrected chi connectivity index (χ2v) is 7.54. The molecule has 0 saturated carbocycles. The van der Waals surface area contributed by atoms with Gasteiger partial charge in [0.1, 0.15) is 11.5 Å². The SMILES string of the molecule is COc1ccc(NS(=O)(=O)c2ccc3[nH]c(=O)sc3c2)c(OC)c1. The minimum atomic E-state index is -3.83. The number of thiazole rings is 1. The maximum absolute atomic E-state index is 12.6. The Labute approximate surface area is 141 Å². The first-order valence-corrected chi connectivity index (χ1v) is 9.10. The molecule has 0 radical (unpaired) electrons. The van der Waals surface area contributed by atoms with Gasteiger partial charge in [-0.05, 0) is 30.3 Å². The second-order valence-electron chi connectivity index (χ2n) is 4.84. The number of anilines is 1.